The molecule has 1 aromatic heterocycles. The number of thioether (sulfide) groups is 1. The Hall–Kier alpha value is -0.320. The lowest BCUT2D eigenvalue weighted by Gasteiger charge is -1.98. The van der Waals surface area contributed by atoms with E-state index in [0.29, 0.717) is 12.4 Å². The third kappa shape index (κ3) is 3.93. The molecule has 0 spiro atoms. The zero-order valence-corrected chi connectivity index (χ0v) is 9.12. The van der Waals surface area contributed by atoms with Crippen LogP contribution in [0, 0.1) is 0 Å². The average Bonchev–Trinajstić information content (AvgIpc) is 2.65. The van der Waals surface area contributed by atoms with Gasteiger partial charge in [-0.2, -0.15) is 11.8 Å². The number of rotatable bonds is 6. The minimum absolute atomic E-state index is 0.219. The summed E-state index contributed by atoms with van der Waals surface area (Å²) in [4.78, 5) is 12.3. The molecule has 0 N–H and O–H groups in total. The SMILES string of the molecule is COCCSCC(=O)c1cccs1. The van der Waals surface area contributed by atoms with E-state index in [1.807, 2.05) is 17.5 Å². The normalized spacial score (nSPS) is 10.2. The Morgan fingerprint density at radius 1 is 1.69 bits per heavy atom. The summed E-state index contributed by atoms with van der Waals surface area (Å²) in [5.41, 5.74) is 0. The van der Waals surface area contributed by atoms with Crippen LogP contribution in [0.2, 0.25) is 0 Å². The first kappa shape index (κ1) is 10.8. The number of hydrogen-bond donors (Lipinski definition) is 0. The monoisotopic (exact) mass is 216 g/mol. The molecule has 0 aliphatic rings. The van der Waals surface area contributed by atoms with Crippen LogP contribution in [0.4, 0.5) is 0 Å². The van der Waals surface area contributed by atoms with Crippen molar-refractivity contribution in [2.45, 2.75) is 0 Å². The second kappa shape index (κ2) is 6.18. The minimum Gasteiger partial charge on any atom is -0.384 e. The summed E-state index contributed by atoms with van der Waals surface area (Å²) in [6.07, 6.45) is 0. The maximum Gasteiger partial charge on any atom is 0.182 e. The predicted octanol–water partition coefficient (Wildman–Crippen LogP) is 2.31. The molecule has 1 heterocycles. The smallest absolute Gasteiger partial charge is 0.182 e. The van der Waals surface area contributed by atoms with E-state index in [4.69, 9.17) is 4.74 Å². The molecule has 13 heavy (non-hydrogen) atoms. The van der Waals surface area contributed by atoms with Crippen LogP contribution < -0.4 is 0 Å². The first-order valence-corrected chi connectivity index (χ1v) is 6.01. The highest BCUT2D eigenvalue weighted by atomic mass is 32.2. The number of ketones is 1. The van der Waals surface area contributed by atoms with Crippen LogP contribution in [0.3, 0.4) is 0 Å². The van der Waals surface area contributed by atoms with Gasteiger partial charge in [-0.3, -0.25) is 4.79 Å². The van der Waals surface area contributed by atoms with Gasteiger partial charge >= 0.3 is 0 Å². The van der Waals surface area contributed by atoms with Gasteiger partial charge in [0.15, 0.2) is 5.78 Å². The summed E-state index contributed by atoms with van der Waals surface area (Å²) in [6, 6.07) is 3.77. The van der Waals surface area contributed by atoms with Gasteiger partial charge in [-0.1, -0.05) is 6.07 Å². The molecule has 0 fully saturated rings. The molecule has 0 bridgehead atoms. The first-order chi connectivity index (χ1) is 6.34. The van der Waals surface area contributed by atoms with Crippen molar-refractivity contribution >= 4 is 28.9 Å². The average molecular weight is 216 g/mol. The fourth-order valence-electron chi connectivity index (χ4n) is 0.815. The Labute approximate surface area is 86.3 Å². The maximum atomic E-state index is 11.4. The number of Topliss-reactive ketones (excluding diaryl/α,β-unsaturated/α-hetero) is 1. The highest BCUT2D eigenvalue weighted by molar-refractivity contribution is 8.00. The van der Waals surface area contributed by atoms with Gasteiger partial charge in [0.1, 0.15) is 0 Å². The second-order valence-corrected chi connectivity index (χ2v) is 4.50. The van der Waals surface area contributed by atoms with Crippen molar-refractivity contribution in [1.29, 1.82) is 0 Å². The number of ether oxygens (including phenoxy) is 1. The summed E-state index contributed by atoms with van der Waals surface area (Å²) in [5, 5.41) is 1.92. The summed E-state index contributed by atoms with van der Waals surface area (Å²) >= 11 is 3.12. The molecule has 0 amide bonds. The van der Waals surface area contributed by atoms with Crippen molar-refractivity contribution < 1.29 is 9.53 Å². The molecular formula is C9H12O2S2. The quantitative estimate of drug-likeness (QED) is 0.539. The number of methoxy groups -OCH3 is 1. The van der Waals surface area contributed by atoms with E-state index in [1.165, 1.54) is 11.3 Å². The van der Waals surface area contributed by atoms with Crippen LogP contribution in [0.5, 0.6) is 0 Å². The maximum absolute atomic E-state index is 11.4. The van der Waals surface area contributed by atoms with Crippen molar-refractivity contribution in [3.63, 3.8) is 0 Å². The zero-order chi connectivity index (χ0) is 9.52. The van der Waals surface area contributed by atoms with E-state index in [-0.39, 0.29) is 5.78 Å². The molecule has 1 rings (SSSR count). The number of carbonyl (C=O) groups excluding carboxylic acids is 1. The molecule has 0 atom stereocenters. The summed E-state index contributed by atoms with van der Waals surface area (Å²) < 4.78 is 4.88. The Morgan fingerprint density at radius 3 is 3.15 bits per heavy atom. The molecule has 0 aliphatic carbocycles. The lowest BCUT2D eigenvalue weighted by Crippen LogP contribution is -2.02. The van der Waals surface area contributed by atoms with Gasteiger partial charge in [-0.25, -0.2) is 0 Å². The fourth-order valence-corrected chi connectivity index (χ4v) is 2.34. The van der Waals surface area contributed by atoms with Crippen LogP contribution in [0.1, 0.15) is 9.67 Å². The zero-order valence-electron chi connectivity index (χ0n) is 7.49. The third-order valence-electron chi connectivity index (χ3n) is 1.46. The molecule has 0 aliphatic heterocycles. The van der Waals surface area contributed by atoms with Crippen LogP contribution in [0.25, 0.3) is 0 Å². The van der Waals surface area contributed by atoms with Crippen LogP contribution in [0.15, 0.2) is 17.5 Å². The predicted molar refractivity (Wildman–Crippen MR) is 57.9 cm³/mol. The van der Waals surface area contributed by atoms with Gasteiger partial charge < -0.3 is 4.74 Å². The lowest BCUT2D eigenvalue weighted by atomic mass is 10.4. The van der Waals surface area contributed by atoms with E-state index in [1.54, 1.807) is 18.9 Å². The Bertz CT molecular complexity index is 244. The molecule has 0 radical (unpaired) electrons. The van der Waals surface area contributed by atoms with Gasteiger partial charge in [0.05, 0.1) is 17.2 Å². The first-order valence-electron chi connectivity index (χ1n) is 3.98. The van der Waals surface area contributed by atoms with Crippen molar-refractivity contribution in [2.24, 2.45) is 0 Å². The van der Waals surface area contributed by atoms with E-state index in [0.717, 1.165) is 10.6 Å². The number of carbonyl (C=O) groups is 1. The van der Waals surface area contributed by atoms with E-state index < -0.39 is 0 Å². The molecule has 0 unspecified atom stereocenters. The van der Waals surface area contributed by atoms with E-state index in [2.05, 4.69) is 0 Å². The van der Waals surface area contributed by atoms with Crippen LogP contribution in [-0.4, -0.2) is 31.0 Å². The van der Waals surface area contributed by atoms with Crippen molar-refractivity contribution in [3.05, 3.63) is 22.4 Å². The van der Waals surface area contributed by atoms with Crippen molar-refractivity contribution in [2.75, 3.05) is 25.2 Å². The molecule has 72 valence electrons. The van der Waals surface area contributed by atoms with Crippen molar-refractivity contribution in [1.82, 2.24) is 0 Å². The fraction of sp³-hybridized carbons (Fsp3) is 0.444. The van der Waals surface area contributed by atoms with Gasteiger partial charge in [-0.15, -0.1) is 11.3 Å². The van der Waals surface area contributed by atoms with E-state index in [9.17, 15) is 4.79 Å². The minimum atomic E-state index is 0.219. The molecule has 2 nitrogen and oxygen atoms in total. The molecule has 4 heteroatoms. The van der Waals surface area contributed by atoms with Gasteiger partial charge in [0.2, 0.25) is 0 Å². The lowest BCUT2D eigenvalue weighted by molar-refractivity contribution is 0.102. The largest absolute Gasteiger partial charge is 0.384 e. The third-order valence-corrected chi connectivity index (χ3v) is 3.29. The Kier molecular flexibility index (Phi) is 5.12. The summed E-state index contributed by atoms with van der Waals surface area (Å²) in [5.74, 6) is 1.66. The standard InChI is InChI=1S/C9H12O2S2/c1-11-4-6-12-7-8(10)9-3-2-5-13-9/h2-3,5H,4,6-7H2,1H3. The molecule has 0 aromatic carbocycles. The topological polar surface area (TPSA) is 26.3 Å². The molecular weight excluding hydrogens is 204 g/mol. The van der Waals surface area contributed by atoms with Crippen LogP contribution in [-0.2, 0) is 4.74 Å². The highest BCUT2D eigenvalue weighted by Crippen LogP contribution is 2.12. The van der Waals surface area contributed by atoms with E-state index >= 15 is 0 Å². The van der Waals surface area contributed by atoms with Gasteiger partial charge in [0.25, 0.3) is 0 Å². The van der Waals surface area contributed by atoms with Gasteiger partial charge in [0, 0.05) is 12.9 Å². The molecule has 0 saturated carbocycles. The molecule has 0 saturated heterocycles. The number of hydrogen-bond acceptors (Lipinski definition) is 4. The van der Waals surface area contributed by atoms with Crippen LogP contribution >= 0.6 is 23.1 Å². The highest BCUT2D eigenvalue weighted by Gasteiger charge is 2.05. The number of thiophene rings is 1. The summed E-state index contributed by atoms with van der Waals surface area (Å²) in [7, 11) is 1.67. The Balaban J connectivity index is 2.19. The van der Waals surface area contributed by atoms with Gasteiger partial charge in [-0.05, 0) is 11.4 Å². The van der Waals surface area contributed by atoms with Crippen molar-refractivity contribution in [3.8, 4) is 0 Å². The molecule has 1 aromatic rings. The Morgan fingerprint density at radius 2 is 2.54 bits per heavy atom. The second-order valence-electron chi connectivity index (χ2n) is 2.45. The summed E-state index contributed by atoms with van der Waals surface area (Å²) in [6.45, 7) is 0.711.